The number of nitrogens with one attached hydrogen (secondary N) is 1. The van der Waals surface area contributed by atoms with E-state index >= 15 is 0 Å². The van der Waals surface area contributed by atoms with Gasteiger partial charge < -0.3 is 15.2 Å². The van der Waals surface area contributed by atoms with E-state index in [1.165, 1.54) is 7.11 Å². The van der Waals surface area contributed by atoms with Crippen molar-refractivity contribution in [3.8, 4) is 0 Å². The second kappa shape index (κ2) is 5.70. The second-order valence-corrected chi connectivity index (χ2v) is 3.84. The van der Waals surface area contributed by atoms with Crippen LogP contribution < -0.4 is 5.32 Å². The predicted octanol–water partition coefficient (Wildman–Crippen LogP) is 0.392. The molecule has 0 aliphatic heterocycles. The van der Waals surface area contributed by atoms with Crippen molar-refractivity contribution in [2.24, 2.45) is 5.92 Å². The maximum absolute atomic E-state index is 11.6. The molecule has 1 fully saturated rings. The molecule has 5 heteroatoms. The van der Waals surface area contributed by atoms with E-state index in [4.69, 9.17) is 9.84 Å². The number of aliphatic carboxylic acids is 1. The number of rotatable bonds is 5. The quantitative estimate of drug-likeness (QED) is 0.695. The van der Waals surface area contributed by atoms with Crippen LogP contribution >= 0.6 is 0 Å². The Bertz CT molecular complexity index is 236. The summed E-state index contributed by atoms with van der Waals surface area (Å²) in [6, 6.07) is -0.928. The summed E-state index contributed by atoms with van der Waals surface area (Å²) in [4.78, 5) is 22.4. The molecule has 0 saturated heterocycles. The molecule has 1 aliphatic carbocycles. The lowest BCUT2D eigenvalue weighted by atomic mass is 10.1. The number of carbonyl (C=O) groups is 2. The number of carboxylic acid groups (broad SMARTS) is 1. The molecule has 5 nitrogen and oxygen atoms in total. The molecular weight excluding hydrogens is 198 g/mol. The monoisotopic (exact) mass is 215 g/mol. The molecule has 0 aromatic carbocycles. The summed E-state index contributed by atoms with van der Waals surface area (Å²) >= 11 is 0. The number of carboxylic acids is 1. The highest BCUT2D eigenvalue weighted by Gasteiger charge is 2.27. The molecule has 0 bridgehead atoms. The molecule has 1 unspecified atom stereocenters. The van der Waals surface area contributed by atoms with E-state index in [0.29, 0.717) is 0 Å². The van der Waals surface area contributed by atoms with E-state index in [0.717, 1.165) is 25.7 Å². The Morgan fingerprint density at radius 3 is 2.53 bits per heavy atom. The first-order chi connectivity index (χ1) is 7.15. The summed E-state index contributed by atoms with van der Waals surface area (Å²) in [5.41, 5.74) is 0. The van der Waals surface area contributed by atoms with Crippen molar-refractivity contribution in [3.05, 3.63) is 0 Å². The predicted molar refractivity (Wildman–Crippen MR) is 53.4 cm³/mol. The van der Waals surface area contributed by atoms with Gasteiger partial charge in [0.05, 0.1) is 6.61 Å². The van der Waals surface area contributed by atoms with Crippen LogP contribution in [0.1, 0.15) is 25.7 Å². The second-order valence-electron chi connectivity index (χ2n) is 3.84. The third kappa shape index (κ3) is 3.51. The summed E-state index contributed by atoms with van der Waals surface area (Å²) < 4.78 is 4.73. The summed E-state index contributed by atoms with van der Waals surface area (Å²) in [6.45, 7) is 0.00773. The van der Waals surface area contributed by atoms with Gasteiger partial charge >= 0.3 is 5.97 Å². The largest absolute Gasteiger partial charge is 0.480 e. The first-order valence-electron chi connectivity index (χ1n) is 5.17. The fourth-order valence-corrected chi connectivity index (χ4v) is 1.82. The average molecular weight is 215 g/mol. The third-order valence-corrected chi connectivity index (χ3v) is 2.67. The van der Waals surface area contributed by atoms with Crippen LogP contribution in [0.25, 0.3) is 0 Å². The van der Waals surface area contributed by atoms with Gasteiger partial charge in [-0.05, 0) is 12.8 Å². The number of hydrogen-bond acceptors (Lipinski definition) is 3. The summed E-state index contributed by atoms with van der Waals surface area (Å²) in [6.07, 6.45) is 3.84. The zero-order valence-electron chi connectivity index (χ0n) is 8.86. The van der Waals surface area contributed by atoms with Crippen molar-refractivity contribution in [3.63, 3.8) is 0 Å². The molecule has 1 aliphatic rings. The van der Waals surface area contributed by atoms with Crippen molar-refractivity contribution in [1.82, 2.24) is 5.32 Å². The molecule has 86 valence electrons. The van der Waals surface area contributed by atoms with Crippen LogP contribution in [0.3, 0.4) is 0 Å². The first kappa shape index (κ1) is 12.0. The summed E-state index contributed by atoms with van der Waals surface area (Å²) in [5.74, 6) is -1.22. The normalized spacial score (nSPS) is 18.7. The van der Waals surface area contributed by atoms with Gasteiger partial charge in [-0.3, -0.25) is 4.79 Å². The number of hydrogen-bond donors (Lipinski definition) is 2. The van der Waals surface area contributed by atoms with Gasteiger partial charge in [-0.1, -0.05) is 12.8 Å². The molecule has 2 N–H and O–H groups in total. The van der Waals surface area contributed by atoms with E-state index in [1.54, 1.807) is 0 Å². The van der Waals surface area contributed by atoms with Gasteiger partial charge in [-0.15, -0.1) is 0 Å². The lowest BCUT2D eigenvalue weighted by molar-refractivity contribution is -0.143. The molecule has 1 atom stereocenters. The van der Waals surface area contributed by atoms with Gasteiger partial charge in [0, 0.05) is 13.0 Å². The minimum Gasteiger partial charge on any atom is -0.480 e. The van der Waals surface area contributed by atoms with Crippen LogP contribution in [0.4, 0.5) is 0 Å². The van der Waals surface area contributed by atoms with Crippen molar-refractivity contribution in [1.29, 1.82) is 0 Å². The Kier molecular flexibility index (Phi) is 4.55. The van der Waals surface area contributed by atoms with E-state index in [-0.39, 0.29) is 18.4 Å². The van der Waals surface area contributed by atoms with E-state index in [9.17, 15) is 9.59 Å². The van der Waals surface area contributed by atoms with E-state index in [2.05, 4.69) is 5.32 Å². The summed E-state index contributed by atoms with van der Waals surface area (Å²) in [5, 5.41) is 11.3. The third-order valence-electron chi connectivity index (χ3n) is 2.67. The molecule has 0 aromatic rings. The van der Waals surface area contributed by atoms with Crippen LogP contribution in [0.15, 0.2) is 0 Å². The van der Waals surface area contributed by atoms with Crippen LogP contribution in [0.5, 0.6) is 0 Å². The van der Waals surface area contributed by atoms with E-state index in [1.807, 2.05) is 0 Å². The topological polar surface area (TPSA) is 75.6 Å². The van der Waals surface area contributed by atoms with Crippen LogP contribution in [0.2, 0.25) is 0 Å². The SMILES string of the molecule is COCC(NC(=O)C1CCCC1)C(=O)O. The Balaban J connectivity index is 2.42. The smallest absolute Gasteiger partial charge is 0.328 e. The van der Waals surface area contributed by atoms with Crippen molar-refractivity contribution in [2.75, 3.05) is 13.7 Å². The Labute approximate surface area is 88.8 Å². The molecule has 1 amide bonds. The number of ether oxygens (including phenoxy) is 1. The lowest BCUT2D eigenvalue weighted by Gasteiger charge is -2.16. The maximum Gasteiger partial charge on any atom is 0.328 e. The van der Waals surface area contributed by atoms with Gasteiger partial charge in [0.1, 0.15) is 0 Å². The average Bonchev–Trinajstić information content (AvgIpc) is 2.69. The number of amides is 1. The molecule has 1 saturated carbocycles. The Morgan fingerprint density at radius 2 is 2.07 bits per heavy atom. The molecule has 0 radical (unpaired) electrons. The summed E-state index contributed by atoms with van der Waals surface area (Å²) in [7, 11) is 1.41. The Morgan fingerprint density at radius 1 is 1.47 bits per heavy atom. The van der Waals surface area contributed by atoms with Crippen LogP contribution in [-0.2, 0) is 14.3 Å². The van der Waals surface area contributed by atoms with Gasteiger partial charge in [-0.25, -0.2) is 4.79 Å². The maximum atomic E-state index is 11.6. The minimum atomic E-state index is -1.05. The van der Waals surface area contributed by atoms with Crippen molar-refractivity contribution < 1.29 is 19.4 Å². The van der Waals surface area contributed by atoms with E-state index < -0.39 is 12.0 Å². The molecule has 0 spiro atoms. The zero-order chi connectivity index (χ0) is 11.3. The standard InChI is InChI=1S/C10H17NO4/c1-15-6-8(10(13)14)11-9(12)7-4-2-3-5-7/h7-8H,2-6H2,1H3,(H,11,12)(H,13,14). The number of methoxy groups -OCH3 is 1. The van der Waals surface area contributed by atoms with Crippen molar-refractivity contribution in [2.45, 2.75) is 31.7 Å². The van der Waals surface area contributed by atoms with Gasteiger partial charge in [0.2, 0.25) is 5.91 Å². The fraction of sp³-hybridized carbons (Fsp3) is 0.800. The highest BCUT2D eigenvalue weighted by atomic mass is 16.5. The highest BCUT2D eigenvalue weighted by Crippen LogP contribution is 2.24. The first-order valence-corrected chi connectivity index (χ1v) is 5.17. The molecule has 0 heterocycles. The minimum absolute atomic E-state index is 0.00773. The zero-order valence-corrected chi connectivity index (χ0v) is 8.86. The fourth-order valence-electron chi connectivity index (χ4n) is 1.82. The Hall–Kier alpha value is -1.10. The van der Waals surface area contributed by atoms with Crippen molar-refractivity contribution >= 4 is 11.9 Å². The van der Waals surface area contributed by atoms with Crippen LogP contribution in [0, 0.1) is 5.92 Å². The highest BCUT2D eigenvalue weighted by molar-refractivity contribution is 5.85. The molecular formula is C10H17NO4. The lowest BCUT2D eigenvalue weighted by Crippen LogP contribution is -2.45. The van der Waals surface area contributed by atoms with Gasteiger partial charge in [0.15, 0.2) is 6.04 Å². The molecule has 15 heavy (non-hydrogen) atoms. The van der Waals surface area contributed by atoms with Crippen LogP contribution in [-0.4, -0.2) is 36.7 Å². The van der Waals surface area contributed by atoms with Gasteiger partial charge in [-0.2, -0.15) is 0 Å². The number of carbonyl (C=O) groups excluding carboxylic acids is 1. The van der Waals surface area contributed by atoms with Gasteiger partial charge in [0.25, 0.3) is 0 Å². The molecule has 1 rings (SSSR count). The molecule has 0 aromatic heterocycles.